The third-order valence-electron chi connectivity index (χ3n) is 6.11. The summed E-state index contributed by atoms with van der Waals surface area (Å²) in [7, 11) is 2.15. The summed E-state index contributed by atoms with van der Waals surface area (Å²) < 4.78 is 5.48. The Morgan fingerprint density at radius 1 is 1.38 bits per heavy atom. The van der Waals surface area contributed by atoms with Crippen molar-refractivity contribution in [3.8, 4) is 0 Å². The lowest BCUT2D eigenvalue weighted by Gasteiger charge is -2.27. The molecule has 0 saturated carbocycles. The molecule has 2 aliphatic rings. The predicted molar refractivity (Wildman–Crippen MR) is 108 cm³/mol. The van der Waals surface area contributed by atoms with Crippen LogP contribution in [-0.4, -0.2) is 63.6 Å². The van der Waals surface area contributed by atoms with Crippen LogP contribution in [0.25, 0.3) is 11.0 Å². The Kier molecular flexibility index (Phi) is 4.67. The van der Waals surface area contributed by atoms with E-state index in [0.29, 0.717) is 31.2 Å². The Hall–Kier alpha value is -2.94. The number of aromatic nitrogens is 4. The second kappa shape index (κ2) is 7.47. The maximum Gasteiger partial charge on any atom is 0.273 e. The van der Waals surface area contributed by atoms with E-state index in [1.54, 1.807) is 6.33 Å². The molecule has 0 bridgehead atoms. The number of carbonyl (C=O) groups is 1. The first kappa shape index (κ1) is 18.1. The molecule has 9 nitrogen and oxygen atoms in total. The van der Waals surface area contributed by atoms with Gasteiger partial charge in [0.15, 0.2) is 5.69 Å². The lowest BCUT2D eigenvalue weighted by atomic mass is 10.1. The largest absolute Gasteiger partial charge is 0.360 e. The van der Waals surface area contributed by atoms with Crippen molar-refractivity contribution in [2.24, 2.45) is 0 Å². The Bertz CT molecular complexity index is 1030. The molecule has 0 aliphatic carbocycles. The highest BCUT2D eigenvalue weighted by Gasteiger charge is 2.29. The van der Waals surface area contributed by atoms with E-state index in [9.17, 15) is 4.79 Å². The van der Waals surface area contributed by atoms with Gasteiger partial charge in [-0.3, -0.25) is 4.79 Å². The van der Waals surface area contributed by atoms with Crippen molar-refractivity contribution in [2.45, 2.75) is 38.3 Å². The topological polar surface area (TPSA) is 103 Å². The van der Waals surface area contributed by atoms with E-state index in [2.05, 4.69) is 42.3 Å². The Morgan fingerprint density at radius 2 is 2.31 bits per heavy atom. The van der Waals surface area contributed by atoms with E-state index in [1.165, 1.54) is 12.8 Å². The van der Waals surface area contributed by atoms with Crippen molar-refractivity contribution in [3.63, 3.8) is 0 Å². The first-order valence-electron chi connectivity index (χ1n) is 10.2. The van der Waals surface area contributed by atoms with Gasteiger partial charge in [0.2, 0.25) is 0 Å². The van der Waals surface area contributed by atoms with Crippen molar-refractivity contribution in [1.29, 1.82) is 0 Å². The normalized spacial score (nSPS) is 19.6. The number of rotatable bonds is 5. The molecule has 2 N–H and O–H groups in total. The number of anilines is 1. The second-order valence-electron chi connectivity index (χ2n) is 7.86. The average molecular weight is 395 g/mol. The molecule has 1 fully saturated rings. The standard InChI is InChI=1S/C20H25N7O2/c1-26-9-2-3-13(26)4-7-22-20(28)17-15-11-27(10-6-16(15)29-25-17)19-14-5-8-21-18(14)23-12-24-19/h5,8,12-13H,2-4,6-7,9-11H2,1H3,(H,22,28)(H,21,23,24). The minimum atomic E-state index is -0.160. The molecular formula is C20H25N7O2. The fourth-order valence-corrected chi connectivity index (χ4v) is 4.46. The SMILES string of the molecule is CN1CCCC1CCNC(=O)c1noc2c1CN(c1ncnc3[nH]ccc13)CC2. The van der Waals surface area contributed by atoms with Gasteiger partial charge in [-0.1, -0.05) is 5.16 Å². The van der Waals surface area contributed by atoms with Crippen LogP contribution in [0.15, 0.2) is 23.1 Å². The molecule has 1 amide bonds. The minimum Gasteiger partial charge on any atom is -0.360 e. The number of carbonyl (C=O) groups excluding carboxylic acids is 1. The zero-order valence-corrected chi connectivity index (χ0v) is 16.5. The van der Waals surface area contributed by atoms with Crippen LogP contribution in [-0.2, 0) is 13.0 Å². The van der Waals surface area contributed by atoms with E-state index in [0.717, 1.165) is 47.7 Å². The molecule has 29 heavy (non-hydrogen) atoms. The van der Waals surface area contributed by atoms with Gasteiger partial charge in [-0.05, 0) is 38.9 Å². The van der Waals surface area contributed by atoms with E-state index < -0.39 is 0 Å². The molecule has 2 aliphatic heterocycles. The second-order valence-corrected chi connectivity index (χ2v) is 7.86. The third kappa shape index (κ3) is 3.35. The number of amides is 1. The van der Waals surface area contributed by atoms with Gasteiger partial charge < -0.3 is 24.6 Å². The summed E-state index contributed by atoms with van der Waals surface area (Å²) in [5.74, 6) is 1.49. The van der Waals surface area contributed by atoms with Crippen molar-refractivity contribution < 1.29 is 9.32 Å². The highest BCUT2D eigenvalue weighted by atomic mass is 16.5. The van der Waals surface area contributed by atoms with Crippen LogP contribution in [0, 0.1) is 0 Å². The molecule has 0 aromatic carbocycles. The summed E-state index contributed by atoms with van der Waals surface area (Å²) in [5, 5.41) is 8.08. The maximum absolute atomic E-state index is 12.8. The molecule has 0 spiro atoms. The first-order valence-corrected chi connectivity index (χ1v) is 10.2. The van der Waals surface area contributed by atoms with Crippen LogP contribution in [0.3, 0.4) is 0 Å². The van der Waals surface area contributed by atoms with Gasteiger partial charge in [0.25, 0.3) is 5.91 Å². The summed E-state index contributed by atoms with van der Waals surface area (Å²) in [6.07, 6.45) is 7.51. The van der Waals surface area contributed by atoms with Crippen LogP contribution in [0.5, 0.6) is 0 Å². The Morgan fingerprint density at radius 3 is 3.17 bits per heavy atom. The minimum absolute atomic E-state index is 0.160. The lowest BCUT2D eigenvalue weighted by molar-refractivity contribution is 0.0940. The third-order valence-corrected chi connectivity index (χ3v) is 6.11. The van der Waals surface area contributed by atoms with Crippen molar-refractivity contribution >= 4 is 22.8 Å². The summed E-state index contributed by atoms with van der Waals surface area (Å²) in [6, 6.07) is 2.53. The number of hydrogen-bond donors (Lipinski definition) is 2. The van der Waals surface area contributed by atoms with Gasteiger partial charge >= 0.3 is 0 Å². The highest BCUT2D eigenvalue weighted by Crippen LogP contribution is 2.29. The lowest BCUT2D eigenvalue weighted by Crippen LogP contribution is -2.34. The monoisotopic (exact) mass is 395 g/mol. The maximum atomic E-state index is 12.8. The molecule has 0 radical (unpaired) electrons. The van der Waals surface area contributed by atoms with Crippen LogP contribution in [0.2, 0.25) is 0 Å². The number of hydrogen-bond acceptors (Lipinski definition) is 7. The van der Waals surface area contributed by atoms with Gasteiger partial charge in [-0.2, -0.15) is 0 Å². The summed E-state index contributed by atoms with van der Waals surface area (Å²) >= 11 is 0. The molecule has 1 unspecified atom stereocenters. The molecule has 152 valence electrons. The quantitative estimate of drug-likeness (QED) is 0.678. The number of H-pyrrole nitrogens is 1. The Labute approximate surface area is 168 Å². The zero-order valence-electron chi connectivity index (χ0n) is 16.5. The highest BCUT2D eigenvalue weighted by molar-refractivity contribution is 5.94. The van der Waals surface area contributed by atoms with E-state index >= 15 is 0 Å². The molecule has 9 heteroatoms. The van der Waals surface area contributed by atoms with Gasteiger partial charge in [-0.25, -0.2) is 9.97 Å². The Balaban J connectivity index is 1.29. The number of nitrogens with one attached hydrogen (secondary N) is 2. The van der Waals surface area contributed by atoms with Crippen LogP contribution in [0.4, 0.5) is 5.82 Å². The smallest absolute Gasteiger partial charge is 0.273 e. The van der Waals surface area contributed by atoms with Gasteiger partial charge in [-0.15, -0.1) is 0 Å². The number of aromatic amines is 1. The van der Waals surface area contributed by atoms with Crippen molar-refractivity contribution in [2.75, 3.05) is 31.6 Å². The summed E-state index contributed by atoms with van der Waals surface area (Å²) in [4.78, 5) is 29.1. The molecule has 3 aromatic heterocycles. The number of likely N-dealkylation sites (tertiary alicyclic amines) is 1. The zero-order chi connectivity index (χ0) is 19.8. The number of nitrogens with zero attached hydrogens (tertiary/aromatic N) is 5. The van der Waals surface area contributed by atoms with Gasteiger partial charge in [0.05, 0.1) is 11.9 Å². The molecule has 1 saturated heterocycles. The summed E-state index contributed by atoms with van der Waals surface area (Å²) in [5.41, 5.74) is 2.05. The molecular weight excluding hydrogens is 370 g/mol. The molecule has 1 atom stereocenters. The van der Waals surface area contributed by atoms with Gasteiger partial charge in [0.1, 0.15) is 23.6 Å². The van der Waals surface area contributed by atoms with E-state index in [4.69, 9.17) is 4.52 Å². The molecule has 5 rings (SSSR count). The van der Waals surface area contributed by atoms with Crippen molar-refractivity contribution in [3.05, 3.63) is 35.6 Å². The number of fused-ring (bicyclic) bond motifs is 2. The van der Waals surface area contributed by atoms with Gasteiger partial charge in [0, 0.05) is 37.3 Å². The molecule has 3 aromatic rings. The van der Waals surface area contributed by atoms with E-state index in [1.807, 2.05) is 12.3 Å². The average Bonchev–Trinajstić information content (AvgIpc) is 3.46. The van der Waals surface area contributed by atoms with Crippen LogP contribution < -0.4 is 10.2 Å². The predicted octanol–water partition coefficient (Wildman–Crippen LogP) is 1.72. The van der Waals surface area contributed by atoms with Crippen molar-refractivity contribution in [1.82, 2.24) is 30.3 Å². The first-order chi connectivity index (χ1) is 14.2. The fourth-order valence-electron chi connectivity index (χ4n) is 4.46. The summed E-state index contributed by atoms with van der Waals surface area (Å²) in [6.45, 7) is 3.09. The fraction of sp³-hybridized carbons (Fsp3) is 0.500. The molecule has 5 heterocycles. The van der Waals surface area contributed by atoms with Crippen LogP contribution >= 0.6 is 0 Å². The van der Waals surface area contributed by atoms with Crippen LogP contribution in [0.1, 0.15) is 41.1 Å². The van der Waals surface area contributed by atoms with E-state index in [-0.39, 0.29) is 5.91 Å².